The minimum Gasteiger partial charge on any atom is -0.493 e. The SMILES string of the molecule is CCC(C)c1ccccc1OCCOc1ccc(/C=C2/C(=N)N3N=C(C(F)(F)F)SC3=NC2=O)cc1OC. The van der Waals surface area contributed by atoms with E-state index in [4.69, 9.17) is 19.6 Å². The van der Waals surface area contributed by atoms with E-state index in [1.807, 2.05) is 24.3 Å². The van der Waals surface area contributed by atoms with Crippen LogP contribution in [0.2, 0.25) is 0 Å². The summed E-state index contributed by atoms with van der Waals surface area (Å²) in [6.45, 7) is 4.82. The molecule has 0 saturated carbocycles. The summed E-state index contributed by atoms with van der Waals surface area (Å²) in [7, 11) is 1.46. The Morgan fingerprint density at radius 3 is 2.50 bits per heavy atom. The van der Waals surface area contributed by atoms with Crippen LogP contribution in [0.15, 0.2) is 58.1 Å². The fourth-order valence-corrected chi connectivity index (χ4v) is 4.47. The molecule has 2 aliphatic heterocycles. The van der Waals surface area contributed by atoms with Gasteiger partial charge in [0.2, 0.25) is 10.2 Å². The second-order valence-corrected chi connectivity index (χ2v) is 9.33. The summed E-state index contributed by atoms with van der Waals surface area (Å²) < 4.78 is 56.2. The van der Waals surface area contributed by atoms with Gasteiger partial charge in [0.25, 0.3) is 5.91 Å². The first-order chi connectivity index (χ1) is 18.1. The molecule has 1 amide bonds. The molecule has 0 saturated heterocycles. The third kappa shape index (κ3) is 5.85. The normalized spacial score (nSPS) is 17.2. The molecule has 1 N–H and O–H groups in total. The summed E-state index contributed by atoms with van der Waals surface area (Å²) in [4.78, 5) is 16.1. The molecule has 8 nitrogen and oxygen atoms in total. The van der Waals surface area contributed by atoms with Crippen molar-refractivity contribution in [3.8, 4) is 17.2 Å². The lowest BCUT2D eigenvalue weighted by atomic mass is 9.98. The van der Waals surface area contributed by atoms with E-state index >= 15 is 0 Å². The Hall–Kier alpha value is -3.80. The van der Waals surface area contributed by atoms with E-state index in [0.29, 0.717) is 34.6 Å². The first-order valence-corrected chi connectivity index (χ1v) is 12.5. The fourth-order valence-electron chi connectivity index (χ4n) is 3.71. The summed E-state index contributed by atoms with van der Waals surface area (Å²) in [6, 6.07) is 12.7. The molecule has 0 aliphatic carbocycles. The smallest absolute Gasteiger partial charge is 0.441 e. The maximum absolute atomic E-state index is 13.0. The molecule has 38 heavy (non-hydrogen) atoms. The van der Waals surface area contributed by atoms with E-state index in [0.717, 1.165) is 17.7 Å². The highest BCUT2D eigenvalue weighted by Crippen LogP contribution is 2.36. The van der Waals surface area contributed by atoms with Crippen molar-refractivity contribution in [3.63, 3.8) is 0 Å². The number of carbonyl (C=O) groups excluding carboxylic acids is 1. The minimum atomic E-state index is -4.71. The Morgan fingerprint density at radius 1 is 1.11 bits per heavy atom. The van der Waals surface area contributed by atoms with Gasteiger partial charge in [-0.15, -0.1) is 0 Å². The second kappa shape index (κ2) is 11.3. The van der Waals surface area contributed by atoms with Crippen LogP contribution in [0.3, 0.4) is 0 Å². The van der Waals surface area contributed by atoms with E-state index in [9.17, 15) is 18.0 Å². The van der Waals surface area contributed by atoms with Crippen molar-refractivity contribution in [2.75, 3.05) is 20.3 Å². The van der Waals surface area contributed by atoms with Crippen LogP contribution in [0, 0.1) is 5.41 Å². The summed E-state index contributed by atoms with van der Waals surface area (Å²) in [5.41, 5.74) is 1.40. The summed E-state index contributed by atoms with van der Waals surface area (Å²) in [6.07, 6.45) is -2.37. The number of methoxy groups -OCH3 is 1. The Kier molecular flexibility index (Phi) is 8.10. The minimum absolute atomic E-state index is 0.202. The Morgan fingerprint density at radius 2 is 1.82 bits per heavy atom. The third-order valence-corrected chi connectivity index (χ3v) is 6.81. The number of benzene rings is 2. The van der Waals surface area contributed by atoms with E-state index in [2.05, 4.69) is 23.9 Å². The molecule has 0 fully saturated rings. The summed E-state index contributed by atoms with van der Waals surface area (Å²) in [5.74, 6) is 0.656. The largest absolute Gasteiger partial charge is 0.493 e. The first kappa shape index (κ1) is 27.2. The van der Waals surface area contributed by atoms with Gasteiger partial charge >= 0.3 is 6.18 Å². The van der Waals surface area contributed by atoms with Crippen LogP contribution in [-0.4, -0.2) is 53.5 Å². The number of hydrogen-bond donors (Lipinski definition) is 1. The van der Waals surface area contributed by atoms with Crippen molar-refractivity contribution in [2.24, 2.45) is 10.1 Å². The molecule has 2 aliphatic rings. The van der Waals surface area contributed by atoms with Crippen molar-refractivity contribution in [2.45, 2.75) is 32.4 Å². The van der Waals surface area contributed by atoms with Crippen LogP contribution in [0.25, 0.3) is 6.08 Å². The van der Waals surface area contributed by atoms with Crippen molar-refractivity contribution >= 4 is 39.8 Å². The number of fused-ring (bicyclic) bond motifs is 1. The molecule has 0 aromatic heterocycles. The van der Waals surface area contributed by atoms with Gasteiger partial charge in [-0.2, -0.15) is 28.3 Å². The predicted octanol–water partition coefficient (Wildman–Crippen LogP) is 5.85. The second-order valence-electron chi connectivity index (χ2n) is 8.38. The summed E-state index contributed by atoms with van der Waals surface area (Å²) >= 11 is 0.202. The molecule has 2 aromatic rings. The monoisotopic (exact) mass is 546 g/mol. The number of aliphatic imine (C=N–C) groups is 1. The van der Waals surface area contributed by atoms with Gasteiger partial charge in [0, 0.05) is 0 Å². The zero-order valence-electron chi connectivity index (χ0n) is 20.8. The number of alkyl halides is 3. The Bertz CT molecular complexity index is 1340. The highest BCUT2D eigenvalue weighted by molar-refractivity contribution is 8.27. The van der Waals surface area contributed by atoms with Crippen molar-refractivity contribution in [1.82, 2.24) is 5.01 Å². The van der Waals surface area contributed by atoms with Gasteiger partial charge in [-0.1, -0.05) is 38.1 Å². The number of amides is 1. The number of rotatable bonds is 9. The number of thioether (sulfide) groups is 1. The van der Waals surface area contributed by atoms with Crippen LogP contribution in [0.5, 0.6) is 17.2 Å². The standard InChI is InChI=1S/C26H25F3N4O4S/c1-4-15(2)17-7-5-6-8-19(17)36-11-12-37-20-10-9-16(14-21(20)35-3)13-18-22(30)33-25(31-23(18)34)38-24(32-33)26(27,28)29/h5-10,13-15,30H,4,11-12H2,1-3H3/b18-13-,30-22?. The van der Waals surface area contributed by atoms with Crippen LogP contribution < -0.4 is 14.2 Å². The third-order valence-electron chi connectivity index (χ3n) is 5.86. The number of ether oxygens (including phenoxy) is 3. The van der Waals surface area contributed by atoms with Crippen molar-refractivity contribution in [3.05, 3.63) is 59.2 Å². The lowest BCUT2D eigenvalue weighted by Crippen LogP contribution is -2.35. The molecule has 1 unspecified atom stereocenters. The first-order valence-electron chi connectivity index (χ1n) is 11.7. The van der Waals surface area contributed by atoms with Gasteiger partial charge in [-0.05, 0) is 59.5 Å². The van der Waals surface area contributed by atoms with Crippen LogP contribution in [0.4, 0.5) is 13.2 Å². The highest BCUT2D eigenvalue weighted by atomic mass is 32.2. The van der Waals surface area contributed by atoms with Gasteiger partial charge in [0.05, 0.1) is 12.7 Å². The molecule has 0 radical (unpaired) electrons. The maximum Gasteiger partial charge on any atom is 0.441 e. The van der Waals surface area contributed by atoms with Crippen LogP contribution in [-0.2, 0) is 4.79 Å². The average Bonchev–Trinajstić information content (AvgIpc) is 3.34. The highest BCUT2D eigenvalue weighted by Gasteiger charge is 2.46. The van der Waals surface area contributed by atoms with Crippen molar-refractivity contribution in [1.29, 1.82) is 5.41 Å². The van der Waals surface area contributed by atoms with E-state index in [-0.39, 0.29) is 29.1 Å². The lowest BCUT2D eigenvalue weighted by molar-refractivity contribution is -0.114. The molecule has 1 atom stereocenters. The number of nitrogens with zero attached hydrogens (tertiary/aromatic N) is 3. The molecule has 200 valence electrons. The van der Waals surface area contributed by atoms with Gasteiger partial charge < -0.3 is 14.2 Å². The molecule has 0 spiro atoms. The topological polar surface area (TPSA) is 96.6 Å². The number of para-hydroxylation sites is 1. The molecular formula is C26H25F3N4O4S. The predicted molar refractivity (Wildman–Crippen MR) is 140 cm³/mol. The summed E-state index contributed by atoms with van der Waals surface area (Å²) in [5, 5.41) is 10.8. The molecule has 12 heteroatoms. The van der Waals surface area contributed by atoms with E-state index in [1.165, 1.54) is 13.2 Å². The van der Waals surface area contributed by atoms with Crippen LogP contribution >= 0.6 is 11.8 Å². The number of amidine groups is 2. The molecule has 2 heterocycles. The lowest BCUT2D eigenvalue weighted by Gasteiger charge is -2.20. The van der Waals surface area contributed by atoms with E-state index in [1.54, 1.807) is 18.2 Å². The van der Waals surface area contributed by atoms with E-state index < -0.39 is 23.0 Å². The van der Waals surface area contributed by atoms with Gasteiger partial charge in [-0.25, -0.2) is 0 Å². The number of hydrogen-bond acceptors (Lipinski definition) is 7. The fraction of sp³-hybridized carbons (Fsp3) is 0.308. The zero-order valence-corrected chi connectivity index (χ0v) is 21.7. The number of nitrogens with one attached hydrogen (secondary N) is 1. The zero-order chi connectivity index (χ0) is 27.4. The van der Waals surface area contributed by atoms with Crippen molar-refractivity contribution < 1.29 is 32.2 Å². The van der Waals surface area contributed by atoms with Gasteiger partial charge in [0.15, 0.2) is 17.3 Å². The maximum atomic E-state index is 13.0. The number of halogens is 3. The number of carbonyl (C=O) groups is 1. The molecular weight excluding hydrogens is 521 g/mol. The van der Waals surface area contributed by atoms with Crippen LogP contribution in [0.1, 0.15) is 37.3 Å². The quantitative estimate of drug-likeness (QED) is 0.313. The molecule has 0 bridgehead atoms. The van der Waals surface area contributed by atoms with Gasteiger partial charge in [-0.3, -0.25) is 10.2 Å². The van der Waals surface area contributed by atoms with Gasteiger partial charge in [0.1, 0.15) is 19.0 Å². The Balaban J connectivity index is 1.44. The molecule has 2 aromatic carbocycles. The average molecular weight is 547 g/mol. The Labute approximate surface area is 221 Å². The number of hydrazone groups is 1. The molecule has 4 rings (SSSR count).